The highest BCUT2D eigenvalue weighted by Crippen LogP contribution is 2.42. The second-order valence-corrected chi connectivity index (χ2v) is 13.9. The Kier molecular flexibility index (Phi) is 6.05. The first-order valence-electron chi connectivity index (χ1n) is 16.9. The van der Waals surface area contributed by atoms with Gasteiger partial charge in [-0.15, -0.1) is 11.3 Å². The predicted octanol–water partition coefficient (Wildman–Crippen LogP) is 12.2. The van der Waals surface area contributed by atoms with Crippen LogP contribution >= 0.6 is 11.3 Å². The Hall–Kier alpha value is -6.63. The van der Waals surface area contributed by atoms with E-state index in [4.69, 9.17) is 19.4 Å². The summed E-state index contributed by atoms with van der Waals surface area (Å²) in [5, 5.41) is 6.94. The average Bonchev–Trinajstić information content (AvgIpc) is 3.87. The van der Waals surface area contributed by atoms with Crippen LogP contribution in [0.2, 0.25) is 0 Å². The van der Waals surface area contributed by atoms with Crippen molar-refractivity contribution in [2.45, 2.75) is 0 Å². The van der Waals surface area contributed by atoms with E-state index in [9.17, 15) is 0 Å². The maximum atomic E-state index is 6.44. The molecule has 238 valence electrons. The van der Waals surface area contributed by atoms with Gasteiger partial charge in [-0.05, 0) is 42.5 Å². The molecule has 0 unspecified atom stereocenters. The first-order chi connectivity index (χ1) is 25.3. The summed E-state index contributed by atoms with van der Waals surface area (Å²) < 4.78 is 11.2. The number of furan rings is 1. The molecular weight excluding hydrogens is 645 g/mol. The van der Waals surface area contributed by atoms with E-state index in [0.29, 0.717) is 17.5 Å². The molecule has 5 nitrogen and oxygen atoms in total. The minimum Gasteiger partial charge on any atom is -0.455 e. The van der Waals surface area contributed by atoms with Crippen LogP contribution in [0.3, 0.4) is 0 Å². The van der Waals surface area contributed by atoms with Crippen molar-refractivity contribution < 1.29 is 4.42 Å². The van der Waals surface area contributed by atoms with Crippen molar-refractivity contribution in [3.8, 4) is 39.9 Å². The molecule has 4 aromatic heterocycles. The third-order valence-electron chi connectivity index (χ3n) is 9.87. The highest BCUT2D eigenvalue weighted by Gasteiger charge is 2.20. The second-order valence-electron chi connectivity index (χ2n) is 12.8. The molecule has 0 saturated carbocycles. The van der Waals surface area contributed by atoms with Crippen molar-refractivity contribution in [2.75, 3.05) is 0 Å². The number of para-hydroxylation sites is 4. The number of hydrogen-bond donors (Lipinski definition) is 0. The number of fused-ring (bicyclic) bond motifs is 9. The Balaban J connectivity index is 1.14. The molecule has 4 heterocycles. The fourth-order valence-electron chi connectivity index (χ4n) is 7.60. The van der Waals surface area contributed by atoms with E-state index in [0.717, 1.165) is 49.7 Å². The monoisotopic (exact) mass is 670 g/mol. The fourth-order valence-corrected chi connectivity index (χ4v) is 8.76. The third-order valence-corrected chi connectivity index (χ3v) is 11.0. The summed E-state index contributed by atoms with van der Waals surface area (Å²) in [6, 6.07) is 55.0. The molecule has 0 aliphatic heterocycles. The molecule has 0 radical (unpaired) electrons. The fraction of sp³-hybridized carbons (Fsp3) is 0. The van der Waals surface area contributed by atoms with Crippen molar-refractivity contribution in [1.82, 2.24) is 19.5 Å². The minimum absolute atomic E-state index is 0.577. The first kappa shape index (κ1) is 28.2. The van der Waals surface area contributed by atoms with Gasteiger partial charge in [0.25, 0.3) is 0 Å². The SMILES string of the molecule is c1ccc(-c2nc(-c3cccc4c3oc3ccccc34)nc(-c3cccc4sc5cc(-n6c7ccccc7c7ccccc76)ccc5c34)n2)cc1. The molecule has 11 aromatic rings. The van der Waals surface area contributed by atoms with Crippen LogP contribution in [0.1, 0.15) is 0 Å². The normalized spacial score (nSPS) is 11.9. The average molecular weight is 671 g/mol. The van der Waals surface area contributed by atoms with Gasteiger partial charge >= 0.3 is 0 Å². The largest absolute Gasteiger partial charge is 0.455 e. The zero-order valence-corrected chi connectivity index (χ0v) is 27.9. The molecule has 7 aromatic carbocycles. The molecule has 51 heavy (non-hydrogen) atoms. The summed E-state index contributed by atoms with van der Waals surface area (Å²) in [5.74, 6) is 1.83. The number of benzene rings is 7. The minimum atomic E-state index is 0.577. The molecule has 0 aliphatic rings. The first-order valence-corrected chi connectivity index (χ1v) is 17.8. The number of thiophene rings is 1. The molecule has 0 saturated heterocycles. The van der Waals surface area contributed by atoms with Crippen LogP contribution in [0, 0.1) is 0 Å². The second kappa shape index (κ2) is 10.9. The van der Waals surface area contributed by atoms with E-state index >= 15 is 0 Å². The summed E-state index contributed by atoms with van der Waals surface area (Å²) >= 11 is 1.80. The maximum Gasteiger partial charge on any atom is 0.167 e. The van der Waals surface area contributed by atoms with Crippen molar-refractivity contribution in [1.29, 1.82) is 0 Å². The van der Waals surface area contributed by atoms with Crippen LogP contribution in [-0.2, 0) is 0 Å². The van der Waals surface area contributed by atoms with Crippen LogP contribution in [0.4, 0.5) is 0 Å². The summed E-state index contributed by atoms with van der Waals surface area (Å²) in [7, 11) is 0. The van der Waals surface area contributed by atoms with Crippen molar-refractivity contribution in [3.63, 3.8) is 0 Å². The van der Waals surface area contributed by atoms with E-state index in [1.165, 1.54) is 36.6 Å². The highest BCUT2D eigenvalue weighted by atomic mass is 32.1. The molecule has 0 spiro atoms. The van der Waals surface area contributed by atoms with Crippen LogP contribution in [0.5, 0.6) is 0 Å². The number of hydrogen-bond acceptors (Lipinski definition) is 5. The van der Waals surface area contributed by atoms with E-state index in [-0.39, 0.29) is 0 Å². The molecule has 0 N–H and O–H groups in total. The summed E-state index contributed by atoms with van der Waals surface area (Å²) in [4.78, 5) is 15.4. The van der Waals surface area contributed by atoms with Crippen LogP contribution in [-0.4, -0.2) is 19.5 Å². The lowest BCUT2D eigenvalue weighted by Crippen LogP contribution is -2.00. The lowest BCUT2D eigenvalue weighted by molar-refractivity contribution is 0.669. The Labute approximate surface area is 295 Å². The van der Waals surface area contributed by atoms with Crippen LogP contribution in [0.15, 0.2) is 162 Å². The zero-order valence-electron chi connectivity index (χ0n) is 27.1. The van der Waals surface area contributed by atoms with Gasteiger partial charge in [-0.1, -0.05) is 115 Å². The lowest BCUT2D eigenvalue weighted by atomic mass is 10.0. The molecular formula is C45H26N4OS. The van der Waals surface area contributed by atoms with Crippen LogP contribution < -0.4 is 0 Å². The van der Waals surface area contributed by atoms with Crippen molar-refractivity contribution >= 4 is 75.3 Å². The molecule has 11 rings (SSSR count). The zero-order chi connectivity index (χ0) is 33.5. The molecule has 0 bridgehead atoms. The predicted molar refractivity (Wildman–Crippen MR) is 211 cm³/mol. The quantitative estimate of drug-likeness (QED) is 0.187. The van der Waals surface area contributed by atoms with Gasteiger partial charge in [-0.3, -0.25) is 0 Å². The van der Waals surface area contributed by atoms with Gasteiger partial charge in [0.05, 0.1) is 16.6 Å². The van der Waals surface area contributed by atoms with Crippen molar-refractivity contribution in [3.05, 3.63) is 158 Å². The third kappa shape index (κ3) is 4.30. The van der Waals surface area contributed by atoms with Gasteiger partial charge in [-0.2, -0.15) is 0 Å². The van der Waals surface area contributed by atoms with Crippen molar-refractivity contribution in [2.24, 2.45) is 0 Å². The molecule has 0 fully saturated rings. The Morgan fingerprint density at radius 1 is 0.451 bits per heavy atom. The van der Waals surface area contributed by atoms with E-state index in [1.54, 1.807) is 11.3 Å². The highest BCUT2D eigenvalue weighted by molar-refractivity contribution is 7.26. The lowest BCUT2D eigenvalue weighted by Gasteiger charge is -2.10. The van der Waals surface area contributed by atoms with E-state index in [1.807, 2.05) is 60.7 Å². The number of nitrogens with zero attached hydrogens (tertiary/aromatic N) is 4. The van der Waals surface area contributed by atoms with Crippen LogP contribution in [0.25, 0.3) is 104 Å². The number of aromatic nitrogens is 4. The Morgan fingerprint density at radius 3 is 1.88 bits per heavy atom. The standard InChI is InChI=1S/C45H26N4OS/c1-2-12-27(13-3-1)43-46-44(48-45(47-43)35-19-10-17-32-31-16-6-9-22-38(31)50-42(32)35)34-18-11-23-39-41(34)33-25-24-28(26-40(33)51-39)49-36-20-7-4-14-29(36)30-15-5-8-21-37(30)49/h1-26H. The van der Waals surface area contributed by atoms with Gasteiger partial charge in [0.2, 0.25) is 0 Å². The Bertz CT molecular complexity index is 3100. The number of rotatable bonds is 4. The topological polar surface area (TPSA) is 56.7 Å². The van der Waals surface area contributed by atoms with Gasteiger partial charge in [0.15, 0.2) is 17.5 Å². The van der Waals surface area contributed by atoms with Gasteiger partial charge < -0.3 is 8.98 Å². The van der Waals surface area contributed by atoms with E-state index in [2.05, 4.69) is 102 Å². The molecule has 0 amide bonds. The van der Waals surface area contributed by atoms with E-state index < -0.39 is 0 Å². The Morgan fingerprint density at radius 2 is 1.08 bits per heavy atom. The van der Waals surface area contributed by atoms with Gasteiger partial charge in [0, 0.05) is 58.5 Å². The van der Waals surface area contributed by atoms with Gasteiger partial charge in [0.1, 0.15) is 11.2 Å². The summed E-state index contributed by atoms with van der Waals surface area (Å²) in [6.45, 7) is 0. The molecule has 0 atom stereocenters. The summed E-state index contributed by atoms with van der Waals surface area (Å²) in [5.41, 5.74) is 7.89. The van der Waals surface area contributed by atoms with Gasteiger partial charge in [-0.25, -0.2) is 15.0 Å². The smallest absolute Gasteiger partial charge is 0.167 e. The molecule has 0 aliphatic carbocycles. The summed E-state index contributed by atoms with van der Waals surface area (Å²) in [6.07, 6.45) is 0. The maximum absolute atomic E-state index is 6.44. The molecule has 6 heteroatoms.